The summed E-state index contributed by atoms with van der Waals surface area (Å²) in [5.41, 5.74) is -1.09. The summed E-state index contributed by atoms with van der Waals surface area (Å²) in [6.45, 7) is 7.19. The number of esters is 1. The maximum absolute atomic E-state index is 12.7. The number of ether oxygens (including phenoxy) is 1. The number of benzene rings is 1. The molecule has 0 unspecified atom stereocenters. The van der Waals surface area contributed by atoms with Gasteiger partial charge < -0.3 is 4.74 Å². The summed E-state index contributed by atoms with van der Waals surface area (Å²) < 4.78 is 58.0. The number of carbonyl (C=O) groups excluding carboxylic acids is 1. The zero-order chi connectivity index (χ0) is 18.5. The quantitative estimate of drug-likeness (QED) is 0.786. The highest BCUT2D eigenvalue weighted by molar-refractivity contribution is 7.82. The lowest BCUT2D eigenvalue weighted by Crippen LogP contribution is -2.48. The molecule has 0 heterocycles. The van der Waals surface area contributed by atoms with Gasteiger partial charge in [-0.2, -0.15) is 13.2 Å². The minimum Gasteiger partial charge on any atom is -0.465 e. The fourth-order valence-corrected chi connectivity index (χ4v) is 3.24. The van der Waals surface area contributed by atoms with Gasteiger partial charge in [0.1, 0.15) is 6.04 Å². The maximum atomic E-state index is 12.7. The van der Waals surface area contributed by atoms with Crippen LogP contribution in [-0.4, -0.2) is 22.8 Å². The molecule has 1 aromatic carbocycles. The summed E-state index contributed by atoms with van der Waals surface area (Å²) in [7, 11) is -1.72. The molecule has 1 rings (SSSR count). The van der Waals surface area contributed by atoms with Gasteiger partial charge in [0.2, 0.25) is 0 Å². The number of rotatable bonds is 6. The molecule has 0 saturated heterocycles. The molecule has 1 N–H and O–H groups in total. The van der Waals surface area contributed by atoms with Crippen LogP contribution in [0.1, 0.15) is 38.8 Å². The summed E-state index contributed by atoms with van der Waals surface area (Å²) in [6, 6.07) is 3.81. The van der Waals surface area contributed by atoms with Gasteiger partial charge in [-0.05, 0) is 24.0 Å². The Bertz CT molecular complexity index is 597. The molecule has 0 bridgehead atoms. The molecule has 2 atom stereocenters. The van der Waals surface area contributed by atoms with Crippen LogP contribution in [0.4, 0.5) is 13.2 Å². The summed E-state index contributed by atoms with van der Waals surface area (Å²) in [5.74, 6) is -0.682. The average Bonchev–Trinajstić information content (AvgIpc) is 2.43. The Morgan fingerprint density at radius 3 is 2.42 bits per heavy atom. The molecule has 8 heteroatoms. The van der Waals surface area contributed by atoms with Crippen LogP contribution in [-0.2, 0) is 32.4 Å². The highest BCUT2D eigenvalue weighted by Gasteiger charge is 2.34. The highest BCUT2D eigenvalue weighted by Crippen LogP contribution is 2.29. The van der Waals surface area contributed by atoms with Crippen LogP contribution in [0.15, 0.2) is 24.3 Å². The molecule has 0 aliphatic heterocycles. The molecule has 0 fully saturated rings. The average molecular weight is 365 g/mol. The van der Waals surface area contributed by atoms with Gasteiger partial charge in [-0.15, -0.1) is 0 Å². The SMILES string of the molecule is CCOC(=O)[C@@H](N[S@@](=O)Cc1cccc(C(F)(F)F)c1)C(C)(C)C. The van der Waals surface area contributed by atoms with Gasteiger partial charge in [0.05, 0.1) is 28.9 Å². The Balaban J connectivity index is 2.85. The van der Waals surface area contributed by atoms with Crippen molar-refractivity contribution in [1.29, 1.82) is 0 Å². The van der Waals surface area contributed by atoms with Crippen molar-refractivity contribution in [3.63, 3.8) is 0 Å². The van der Waals surface area contributed by atoms with E-state index in [1.54, 1.807) is 27.7 Å². The Hall–Kier alpha value is -1.41. The monoisotopic (exact) mass is 365 g/mol. The molecule has 0 saturated carbocycles. The lowest BCUT2D eigenvalue weighted by Gasteiger charge is -2.29. The molecule has 0 aliphatic rings. The van der Waals surface area contributed by atoms with Gasteiger partial charge >= 0.3 is 12.1 Å². The third-order valence-corrected chi connectivity index (χ3v) is 4.28. The predicted octanol–water partition coefficient (Wildman–Crippen LogP) is 3.44. The highest BCUT2D eigenvalue weighted by atomic mass is 32.2. The van der Waals surface area contributed by atoms with Crippen molar-refractivity contribution in [2.24, 2.45) is 5.41 Å². The molecule has 0 aromatic heterocycles. The molecule has 136 valence electrons. The number of halogens is 3. The molecule has 1 aromatic rings. The normalized spacial score (nSPS) is 15.0. The largest absolute Gasteiger partial charge is 0.465 e. The first-order chi connectivity index (χ1) is 10.9. The first-order valence-electron chi connectivity index (χ1n) is 7.42. The number of hydrogen-bond acceptors (Lipinski definition) is 3. The molecule has 24 heavy (non-hydrogen) atoms. The minimum atomic E-state index is -4.45. The van der Waals surface area contributed by atoms with Crippen molar-refractivity contribution in [1.82, 2.24) is 4.72 Å². The van der Waals surface area contributed by atoms with Crippen LogP contribution in [0.3, 0.4) is 0 Å². The smallest absolute Gasteiger partial charge is 0.416 e. The van der Waals surface area contributed by atoms with E-state index < -0.39 is 40.2 Å². The lowest BCUT2D eigenvalue weighted by molar-refractivity contribution is -0.147. The molecular weight excluding hydrogens is 343 g/mol. The summed E-state index contributed by atoms with van der Waals surface area (Å²) in [4.78, 5) is 12.0. The Morgan fingerprint density at radius 1 is 1.29 bits per heavy atom. The van der Waals surface area contributed by atoms with Crippen molar-refractivity contribution in [2.45, 2.75) is 45.7 Å². The van der Waals surface area contributed by atoms with Crippen LogP contribution >= 0.6 is 0 Å². The number of hydrogen-bond donors (Lipinski definition) is 1. The first kappa shape index (κ1) is 20.6. The Labute approximate surface area is 142 Å². The van der Waals surface area contributed by atoms with Gasteiger partial charge in [-0.25, -0.2) is 8.93 Å². The van der Waals surface area contributed by atoms with E-state index >= 15 is 0 Å². The van der Waals surface area contributed by atoms with E-state index in [2.05, 4.69) is 4.72 Å². The predicted molar refractivity (Wildman–Crippen MR) is 86.3 cm³/mol. The van der Waals surface area contributed by atoms with Crippen LogP contribution < -0.4 is 4.72 Å². The van der Waals surface area contributed by atoms with Crippen molar-refractivity contribution in [2.75, 3.05) is 6.61 Å². The van der Waals surface area contributed by atoms with Gasteiger partial charge in [-0.3, -0.25) is 4.79 Å². The van der Waals surface area contributed by atoms with E-state index in [1.807, 2.05) is 0 Å². The van der Waals surface area contributed by atoms with E-state index in [0.29, 0.717) is 0 Å². The van der Waals surface area contributed by atoms with Crippen LogP contribution in [0.25, 0.3) is 0 Å². The second-order valence-electron chi connectivity index (χ2n) is 6.36. The summed E-state index contributed by atoms with van der Waals surface area (Å²) in [5, 5.41) is 0. The zero-order valence-corrected chi connectivity index (χ0v) is 14.9. The Morgan fingerprint density at radius 2 is 1.92 bits per heavy atom. The Kier molecular flexibility index (Phi) is 6.97. The lowest BCUT2D eigenvalue weighted by atomic mass is 9.87. The first-order valence-corrected chi connectivity index (χ1v) is 8.74. The van der Waals surface area contributed by atoms with Gasteiger partial charge in [0.25, 0.3) is 0 Å². The van der Waals surface area contributed by atoms with Crippen molar-refractivity contribution >= 4 is 17.0 Å². The molecule has 0 aliphatic carbocycles. The van der Waals surface area contributed by atoms with E-state index in [1.165, 1.54) is 12.1 Å². The maximum Gasteiger partial charge on any atom is 0.416 e. The second-order valence-corrected chi connectivity index (χ2v) is 7.57. The summed E-state index contributed by atoms with van der Waals surface area (Å²) in [6.07, 6.45) is -4.45. The van der Waals surface area contributed by atoms with E-state index in [-0.39, 0.29) is 17.9 Å². The van der Waals surface area contributed by atoms with Crippen molar-refractivity contribution in [3.05, 3.63) is 35.4 Å². The zero-order valence-electron chi connectivity index (χ0n) is 14.1. The molecule has 0 amide bonds. The van der Waals surface area contributed by atoms with Gasteiger partial charge in [0.15, 0.2) is 0 Å². The third-order valence-electron chi connectivity index (χ3n) is 3.19. The van der Waals surface area contributed by atoms with Crippen LogP contribution in [0.2, 0.25) is 0 Å². The van der Waals surface area contributed by atoms with E-state index in [4.69, 9.17) is 4.74 Å². The number of nitrogens with one attached hydrogen (secondary N) is 1. The second kappa shape index (κ2) is 8.11. The van der Waals surface area contributed by atoms with Crippen LogP contribution in [0, 0.1) is 5.41 Å². The standard InChI is InChI=1S/C16H22F3NO3S/c1-5-23-14(21)13(15(2,3)4)20-24(22)10-11-7-6-8-12(9-11)16(17,18)19/h6-9,13,20H,5,10H2,1-4H3/t13-,24+/m1/s1. The topological polar surface area (TPSA) is 55.4 Å². The van der Waals surface area contributed by atoms with Crippen molar-refractivity contribution < 1.29 is 26.9 Å². The summed E-state index contributed by atoms with van der Waals surface area (Å²) >= 11 is 0. The minimum absolute atomic E-state index is 0.143. The van der Waals surface area contributed by atoms with Gasteiger partial charge in [0, 0.05) is 0 Å². The van der Waals surface area contributed by atoms with Gasteiger partial charge in [-0.1, -0.05) is 39.0 Å². The molecule has 0 spiro atoms. The van der Waals surface area contributed by atoms with E-state index in [9.17, 15) is 22.2 Å². The number of alkyl halides is 3. The van der Waals surface area contributed by atoms with Crippen molar-refractivity contribution in [3.8, 4) is 0 Å². The fourth-order valence-electron chi connectivity index (χ4n) is 1.97. The molecule has 0 radical (unpaired) electrons. The molecular formula is C16H22F3NO3S. The third kappa shape index (κ3) is 6.24. The van der Waals surface area contributed by atoms with E-state index in [0.717, 1.165) is 12.1 Å². The fraction of sp³-hybridized carbons (Fsp3) is 0.562. The number of carbonyl (C=O) groups is 1. The van der Waals surface area contributed by atoms with Crippen LogP contribution in [0.5, 0.6) is 0 Å². The molecule has 4 nitrogen and oxygen atoms in total.